The molecule has 2 aliphatic rings. The Kier molecular flexibility index (Phi) is 4.72. The first-order chi connectivity index (χ1) is 14.1. The van der Waals surface area contributed by atoms with Gasteiger partial charge in [0.2, 0.25) is 6.23 Å². The summed E-state index contributed by atoms with van der Waals surface area (Å²) in [5.74, 6) is 1.72. The van der Waals surface area contributed by atoms with E-state index in [0.29, 0.717) is 5.02 Å². The number of ether oxygens (including phenoxy) is 2. The average Bonchev–Trinajstić information content (AvgIpc) is 3.20. The van der Waals surface area contributed by atoms with Gasteiger partial charge < -0.3 is 9.47 Å². The zero-order chi connectivity index (χ0) is 20.0. The average molecular weight is 470 g/mol. The summed E-state index contributed by atoms with van der Waals surface area (Å²) in [5.41, 5.74) is 4.28. The molecule has 2 heterocycles. The zero-order valence-corrected chi connectivity index (χ0v) is 18.0. The second-order valence-corrected chi connectivity index (χ2v) is 8.43. The van der Waals surface area contributed by atoms with E-state index in [-0.39, 0.29) is 12.3 Å². The lowest BCUT2D eigenvalue weighted by molar-refractivity contribution is -0.0190. The summed E-state index contributed by atoms with van der Waals surface area (Å²) in [5, 5.41) is 7.75. The highest BCUT2D eigenvalue weighted by Gasteiger charge is 2.41. The summed E-state index contributed by atoms with van der Waals surface area (Å²) in [7, 11) is 1.67. The van der Waals surface area contributed by atoms with Gasteiger partial charge in [0.05, 0.1) is 18.9 Å². The molecule has 0 aliphatic carbocycles. The molecule has 0 unspecified atom stereocenters. The van der Waals surface area contributed by atoms with Gasteiger partial charge in [-0.2, -0.15) is 5.10 Å². The fourth-order valence-corrected chi connectivity index (χ4v) is 4.37. The highest BCUT2D eigenvalue weighted by atomic mass is 79.9. The summed E-state index contributed by atoms with van der Waals surface area (Å²) < 4.78 is 12.7. The second kappa shape index (κ2) is 7.39. The molecule has 29 heavy (non-hydrogen) atoms. The van der Waals surface area contributed by atoms with Gasteiger partial charge >= 0.3 is 0 Å². The van der Waals surface area contributed by atoms with Crippen molar-refractivity contribution < 1.29 is 9.47 Å². The van der Waals surface area contributed by atoms with Crippen molar-refractivity contribution in [3.63, 3.8) is 0 Å². The van der Waals surface area contributed by atoms with E-state index in [9.17, 15) is 0 Å². The Morgan fingerprint density at radius 1 is 1.07 bits per heavy atom. The molecule has 0 aromatic heterocycles. The lowest BCUT2D eigenvalue weighted by atomic mass is 9.96. The van der Waals surface area contributed by atoms with E-state index >= 15 is 0 Å². The van der Waals surface area contributed by atoms with Gasteiger partial charge in [-0.05, 0) is 60.2 Å². The first-order valence-electron chi connectivity index (χ1n) is 9.34. The van der Waals surface area contributed by atoms with Gasteiger partial charge in [-0.25, -0.2) is 5.01 Å². The molecule has 2 atom stereocenters. The van der Waals surface area contributed by atoms with Crippen LogP contribution in [0.1, 0.15) is 35.4 Å². The van der Waals surface area contributed by atoms with E-state index in [1.807, 2.05) is 48.5 Å². The minimum absolute atomic E-state index is 0.106. The third kappa shape index (κ3) is 3.38. The van der Waals surface area contributed by atoms with E-state index in [0.717, 1.165) is 44.8 Å². The van der Waals surface area contributed by atoms with Gasteiger partial charge in [0.25, 0.3) is 0 Å². The molecular formula is C23H18BrClN2O2. The fourth-order valence-electron chi connectivity index (χ4n) is 3.86. The summed E-state index contributed by atoms with van der Waals surface area (Å²) in [6, 6.07) is 22.0. The maximum atomic E-state index is 6.38. The van der Waals surface area contributed by atoms with Crippen molar-refractivity contribution in [2.24, 2.45) is 5.10 Å². The molecule has 5 rings (SSSR count). The van der Waals surface area contributed by atoms with Gasteiger partial charge in [0.1, 0.15) is 11.5 Å². The van der Waals surface area contributed by atoms with E-state index in [4.69, 9.17) is 26.2 Å². The van der Waals surface area contributed by atoms with Crippen LogP contribution in [0.5, 0.6) is 11.5 Å². The lowest BCUT2D eigenvalue weighted by Crippen LogP contribution is -2.33. The van der Waals surface area contributed by atoms with Gasteiger partial charge in [0, 0.05) is 27.0 Å². The molecular weight excluding hydrogens is 452 g/mol. The summed E-state index contributed by atoms with van der Waals surface area (Å²) in [6.07, 6.45) is 0.505. The predicted octanol–water partition coefficient (Wildman–Crippen LogP) is 6.35. The highest BCUT2D eigenvalue weighted by Crippen LogP contribution is 2.48. The quantitative estimate of drug-likeness (QED) is 0.448. The van der Waals surface area contributed by atoms with Gasteiger partial charge in [0.15, 0.2) is 0 Å². The van der Waals surface area contributed by atoms with Crippen molar-refractivity contribution in [3.05, 3.63) is 92.9 Å². The Balaban J connectivity index is 1.57. The third-order valence-corrected chi connectivity index (χ3v) is 6.08. The number of rotatable bonds is 3. The highest BCUT2D eigenvalue weighted by molar-refractivity contribution is 9.10. The molecule has 0 bridgehead atoms. The zero-order valence-electron chi connectivity index (χ0n) is 15.7. The standard InChI is InChI=1S/C23H18BrClN2O2/c1-28-18-9-4-14(5-10-18)20-13-21-19-12-16(24)6-11-22(19)29-23(27(21)26-20)15-2-7-17(25)8-3-15/h2-12,21,23H,13H2,1H3/t21-,23-/m1/s1. The molecule has 3 aromatic rings. The molecule has 6 heteroatoms. The first kappa shape index (κ1) is 18.5. The van der Waals surface area contributed by atoms with Crippen LogP contribution in [0.4, 0.5) is 0 Å². The van der Waals surface area contributed by atoms with Crippen LogP contribution in [0.15, 0.2) is 76.3 Å². The van der Waals surface area contributed by atoms with Crippen LogP contribution in [-0.4, -0.2) is 17.8 Å². The predicted molar refractivity (Wildman–Crippen MR) is 118 cm³/mol. The Hall–Kier alpha value is -2.50. The molecule has 0 amide bonds. The molecule has 0 saturated heterocycles. The first-order valence-corrected chi connectivity index (χ1v) is 10.5. The van der Waals surface area contributed by atoms with Gasteiger partial charge in [-0.1, -0.05) is 39.7 Å². The molecule has 4 nitrogen and oxygen atoms in total. The number of hydrazone groups is 1. The molecule has 0 fully saturated rings. The second-order valence-electron chi connectivity index (χ2n) is 7.08. The minimum Gasteiger partial charge on any atom is -0.497 e. The Bertz CT molecular complexity index is 1080. The lowest BCUT2D eigenvalue weighted by Gasteiger charge is -2.38. The molecule has 146 valence electrons. The number of methoxy groups -OCH3 is 1. The summed E-state index contributed by atoms with van der Waals surface area (Å²) >= 11 is 9.68. The third-order valence-electron chi connectivity index (χ3n) is 5.33. The van der Waals surface area contributed by atoms with Crippen molar-refractivity contribution in [2.75, 3.05) is 7.11 Å². The smallest absolute Gasteiger partial charge is 0.213 e. The largest absolute Gasteiger partial charge is 0.497 e. The van der Waals surface area contributed by atoms with E-state index in [2.05, 4.69) is 39.1 Å². The van der Waals surface area contributed by atoms with Crippen molar-refractivity contribution in [2.45, 2.75) is 18.7 Å². The van der Waals surface area contributed by atoms with Crippen molar-refractivity contribution in [1.82, 2.24) is 5.01 Å². The molecule has 3 aromatic carbocycles. The summed E-state index contributed by atoms with van der Waals surface area (Å²) in [6.45, 7) is 0. The minimum atomic E-state index is -0.304. The topological polar surface area (TPSA) is 34.1 Å². The van der Waals surface area contributed by atoms with Crippen molar-refractivity contribution >= 4 is 33.2 Å². The Labute approximate surface area is 182 Å². The maximum Gasteiger partial charge on any atom is 0.213 e. The van der Waals surface area contributed by atoms with Crippen LogP contribution < -0.4 is 9.47 Å². The number of hydrogen-bond donors (Lipinski definition) is 0. The Morgan fingerprint density at radius 2 is 1.83 bits per heavy atom. The van der Waals surface area contributed by atoms with E-state index in [1.165, 1.54) is 0 Å². The normalized spacial score (nSPS) is 19.8. The van der Waals surface area contributed by atoms with Gasteiger partial charge in [-0.15, -0.1) is 0 Å². The van der Waals surface area contributed by atoms with Crippen LogP contribution >= 0.6 is 27.5 Å². The van der Waals surface area contributed by atoms with Crippen LogP contribution in [0.3, 0.4) is 0 Å². The molecule has 2 aliphatic heterocycles. The Morgan fingerprint density at radius 3 is 2.55 bits per heavy atom. The molecule has 0 spiro atoms. The number of fused-ring (bicyclic) bond motifs is 3. The molecule has 0 N–H and O–H groups in total. The number of hydrogen-bond acceptors (Lipinski definition) is 4. The number of nitrogens with zero attached hydrogens (tertiary/aromatic N) is 2. The van der Waals surface area contributed by atoms with Crippen LogP contribution in [0.25, 0.3) is 0 Å². The monoisotopic (exact) mass is 468 g/mol. The fraction of sp³-hybridized carbons (Fsp3) is 0.174. The van der Waals surface area contributed by atoms with Crippen molar-refractivity contribution in [3.8, 4) is 11.5 Å². The van der Waals surface area contributed by atoms with Crippen LogP contribution in [0.2, 0.25) is 5.02 Å². The van der Waals surface area contributed by atoms with Crippen molar-refractivity contribution in [1.29, 1.82) is 0 Å². The SMILES string of the molecule is COc1ccc(C2=NN3[C@H](C2)c2cc(Br)ccc2O[C@@H]3c2ccc(Cl)cc2)cc1. The number of benzene rings is 3. The molecule has 0 saturated carbocycles. The molecule has 0 radical (unpaired) electrons. The summed E-state index contributed by atoms with van der Waals surface area (Å²) in [4.78, 5) is 0. The van der Waals surface area contributed by atoms with E-state index in [1.54, 1.807) is 7.11 Å². The van der Waals surface area contributed by atoms with Crippen LogP contribution in [0, 0.1) is 0 Å². The van der Waals surface area contributed by atoms with E-state index < -0.39 is 0 Å². The van der Waals surface area contributed by atoms with Crippen LogP contribution in [-0.2, 0) is 0 Å². The number of halogens is 2. The maximum absolute atomic E-state index is 6.38. The van der Waals surface area contributed by atoms with Gasteiger partial charge in [-0.3, -0.25) is 0 Å².